The number of amides is 2. The summed E-state index contributed by atoms with van der Waals surface area (Å²) in [5.41, 5.74) is 8.62. The van der Waals surface area contributed by atoms with E-state index in [1.165, 1.54) is 0 Å². The van der Waals surface area contributed by atoms with Gasteiger partial charge < -0.3 is 15.4 Å². The summed E-state index contributed by atoms with van der Waals surface area (Å²) >= 11 is 0. The molecule has 3 aromatic carbocycles. The number of ether oxygens (including phenoxy) is 1. The van der Waals surface area contributed by atoms with Crippen LogP contribution in [0.3, 0.4) is 0 Å². The van der Waals surface area contributed by atoms with Gasteiger partial charge in [-0.3, -0.25) is 9.59 Å². The molecule has 158 valence electrons. The quantitative estimate of drug-likeness (QED) is 0.673. The fraction of sp³-hybridized carbons (Fsp3) is 0.231. The van der Waals surface area contributed by atoms with E-state index in [9.17, 15) is 9.59 Å². The summed E-state index contributed by atoms with van der Waals surface area (Å²) in [6, 6.07) is 27.7. The third-order valence-corrected chi connectivity index (χ3v) is 5.71. The van der Waals surface area contributed by atoms with Crippen LogP contribution in [0.25, 0.3) is 11.1 Å². The first-order chi connectivity index (χ1) is 15.1. The van der Waals surface area contributed by atoms with E-state index in [1.807, 2.05) is 84.9 Å². The molecule has 0 saturated carbocycles. The summed E-state index contributed by atoms with van der Waals surface area (Å²) in [5, 5.41) is 0. The second kappa shape index (κ2) is 9.14. The predicted octanol–water partition coefficient (Wildman–Crippen LogP) is 3.22. The minimum Gasteiger partial charge on any atom is -0.367 e. The van der Waals surface area contributed by atoms with Crippen LogP contribution >= 0.6 is 0 Å². The molecule has 0 spiro atoms. The molecule has 2 amide bonds. The van der Waals surface area contributed by atoms with Gasteiger partial charge in [-0.15, -0.1) is 0 Å². The predicted molar refractivity (Wildman–Crippen MR) is 120 cm³/mol. The second-order valence-electron chi connectivity index (χ2n) is 7.93. The van der Waals surface area contributed by atoms with Crippen LogP contribution in [0.1, 0.15) is 11.1 Å². The Hall–Kier alpha value is -3.44. The number of rotatable bonds is 6. The summed E-state index contributed by atoms with van der Waals surface area (Å²) in [4.78, 5) is 27.1. The first kappa shape index (κ1) is 20.8. The van der Waals surface area contributed by atoms with Gasteiger partial charge >= 0.3 is 0 Å². The van der Waals surface area contributed by atoms with Gasteiger partial charge in [0.2, 0.25) is 5.91 Å². The number of nitrogens with zero attached hydrogens (tertiary/aromatic N) is 1. The fourth-order valence-electron chi connectivity index (χ4n) is 4.04. The lowest BCUT2D eigenvalue weighted by Gasteiger charge is -2.41. The molecule has 4 rings (SSSR count). The van der Waals surface area contributed by atoms with E-state index in [1.54, 1.807) is 4.90 Å². The molecule has 1 unspecified atom stereocenters. The Balaban J connectivity index is 1.53. The average molecular weight is 415 g/mol. The van der Waals surface area contributed by atoms with E-state index < -0.39 is 11.5 Å². The summed E-state index contributed by atoms with van der Waals surface area (Å²) < 4.78 is 5.94. The molecular weight excluding hydrogens is 388 g/mol. The first-order valence-corrected chi connectivity index (χ1v) is 10.5. The van der Waals surface area contributed by atoms with Crippen molar-refractivity contribution in [3.63, 3.8) is 0 Å². The van der Waals surface area contributed by atoms with Crippen LogP contribution in [-0.2, 0) is 27.2 Å². The van der Waals surface area contributed by atoms with Gasteiger partial charge in [-0.1, -0.05) is 84.9 Å². The van der Waals surface area contributed by atoms with Gasteiger partial charge in [0.1, 0.15) is 0 Å². The number of nitrogens with two attached hydrogens (primary N) is 1. The van der Waals surface area contributed by atoms with Crippen molar-refractivity contribution >= 4 is 11.8 Å². The number of hydrogen-bond donors (Lipinski definition) is 1. The number of carbonyl (C=O) groups excluding carboxylic acids is 2. The Kier molecular flexibility index (Phi) is 6.14. The van der Waals surface area contributed by atoms with Crippen molar-refractivity contribution in [2.24, 2.45) is 5.73 Å². The molecule has 0 aromatic heterocycles. The number of hydrogen-bond acceptors (Lipinski definition) is 3. The normalized spacial score (nSPS) is 18.5. The van der Waals surface area contributed by atoms with Crippen molar-refractivity contribution in [2.45, 2.75) is 18.4 Å². The zero-order valence-electron chi connectivity index (χ0n) is 17.4. The molecule has 1 aliphatic rings. The first-order valence-electron chi connectivity index (χ1n) is 10.5. The lowest BCUT2D eigenvalue weighted by Crippen LogP contribution is -2.61. The maximum Gasteiger partial charge on any atom is 0.251 e. The van der Waals surface area contributed by atoms with Gasteiger partial charge in [-0.25, -0.2) is 0 Å². The van der Waals surface area contributed by atoms with Crippen LogP contribution in [0, 0.1) is 0 Å². The van der Waals surface area contributed by atoms with Gasteiger partial charge in [0.05, 0.1) is 19.6 Å². The number of morpholine rings is 1. The maximum absolute atomic E-state index is 12.9. The highest BCUT2D eigenvalue weighted by Gasteiger charge is 2.43. The van der Waals surface area contributed by atoms with Crippen molar-refractivity contribution in [3.05, 3.63) is 96.1 Å². The minimum atomic E-state index is -1.24. The van der Waals surface area contributed by atoms with Crippen molar-refractivity contribution in [2.75, 3.05) is 19.7 Å². The van der Waals surface area contributed by atoms with Crippen LogP contribution in [0.15, 0.2) is 84.9 Å². The Morgan fingerprint density at radius 1 is 0.871 bits per heavy atom. The van der Waals surface area contributed by atoms with E-state index in [0.29, 0.717) is 19.4 Å². The third kappa shape index (κ3) is 4.84. The monoisotopic (exact) mass is 414 g/mol. The summed E-state index contributed by atoms with van der Waals surface area (Å²) in [6.07, 6.45) is 0.608. The van der Waals surface area contributed by atoms with E-state index in [0.717, 1.165) is 22.3 Å². The SMILES string of the molecule is NC(=O)C1(Cc2cccc(-c3ccccc3)c2)CN(C(=O)Cc2ccccc2)CCO1. The molecule has 0 aliphatic carbocycles. The molecule has 1 saturated heterocycles. The van der Waals surface area contributed by atoms with E-state index in [-0.39, 0.29) is 19.1 Å². The topological polar surface area (TPSA) is 72.6 Å². The molecule has 1 heterocycles. The van der Waals surface area contributed by atoms with Gasteiger partial charge in [0, 0.05) is 13.0 Å². The number of primary amides is 1. The fourth-order valence-corrected chi connectivity index (χ4v) is 4.04. The summed E-state index contributed by atoms with van der Waals surface area (Å²) in [7, 11) is 0. The summed E-state index contributed by atoms with van der Waals surface area (Å²) in [6.45, 7) is 0.885. The van der Waals surface area contributed by atoms with Crippen molar-refractivity contribution in [1.82, 2.24) is 4.90 Å². The highest BCUT2D eigenvalue weighted by Crippen LogP contribution is 2.27. The zero-order valence-corrected chi connectivity index (χ0v) is 17.4. The minimum absolute atomic E-state index is 0.0295. The van der Waals surface area contributed by atoms with Crippen LogP contribution in [-0.4, -0.2) is 42.0 Å². The van der Waals surface area contributed by atoms with Crippen molar-refractivity contribution in [3.8, 4) is 11.1 Å². The van der Waals surface area contributed by atoms with Gasteiger partial charge in [-0.2, -0.15) is 0 Å². The molecule has 1 atom stereocenters. The van der Waals surface area contributed by atoms with Crippen LogP contribution in [0.4, 0.5) is 0 Å². The lowest BCUT2D eigenvalue weighted by atomic mass is 9.90. The molecule has 5 nitrogen and oxygen atoms in total. The standard InChI is InChI=1S/C26H26N2O3/c27-25(30)26(18-21-10-7-13-23(16-21)22-11-5-2-6-12-22)19-28(14-15-31-26)24(29)17-20-8-3-1-4-9-20/h1-13,16H,14-15,17-19H2,(H2,27,30). The van der Waals surface area contributed by atoms with Gasteiger partial charge in [0.15, 0.2) is 5.60 Å². The summed E-state index contributed by atoms with van der Waals surface area (Å²) in [5.74, 6) is -0.576. The molecular formula is C26H26N2O3. The maximum atomic E-state index is 12.9. The van der Waals surface area contributed by atoms with Gasteiger partial charge in [-0.05, 0) is 22.3 Å². The van der Waals surface area contributed by atoms with E-state index in [4.69, 9.17) is 10.5 Å². The third-order valence-electron chi connectivity index (χ3n) is 5.71. The molecule has 0 bridgehead atoms. The van der Waals surface area contributed by atoms with Gasteiger partial charge in [0.25, 0.3) is 5.91 Å². The van der Waals surface area contributed by atoms with Crippen LogP contribution < -0.4 is 5.73 Å². The largest absolute Gasteiger partial charge is 0.367 e. The van der Waals surface area contributed by atoms with Crippen LogP contribution in [0.2, 0.25) is 0 Å². The van der Waals surface area contributed by atoms with Crippen LogP contribution in [0.5, 0.6) is 0 Å². The molecule has 0 radical (unpaired) electrons. The highest BCUT2D eigenvalue weighted by atomic mass is 16.5. The Bertz CT molecular complexity index is 1050. The number of carbonyl (C=O) groups is 2. The lowest BCUT2D eigenvalue weighted by molar-refractivity contribution is -0.163. The van der Waals surface area contributed by atoms with E-state index >= 15 is 0 Å². The second-order valence-corrected chi connectivity index (χ2v) is 7.93. The molecule has 1 fully saturated rings. The molecule has 31 heavy (non-hydrogen) atoms. The average Bonchev–Trinajstić information content (AvgIpc) is 2.80. The smallest absolute Gasteiger partial charge is 0.251 e. The molecule has 3 aromatic rings. The number of benzene rings is 3. The van der Waals surface area contributed by atoms with Crippen molar-refractivity contribution in [1.29, 1.82) is 0 Å². The Morgan fingerprint density at radius 3 is 2.23 bits per heavy atom. The molecule has 5 heteroatoms. The van der Waals surface area contributed by atoms with E-state index in [2.05, 4.69) is 0 Å². The Morgan fingerprint density at radius 2 is 1.52 bits per heavy atom. The van der Waals surface area contributed by atoms with Crippen molar-refractivity contribution < 1.29 is 14.3 Å². The zero-order chi connectivity index (χ0) is 21.7. The molecule has 1 aliphatic heterocycles. The highest BCUT2D eigenvalue weighted by molar-refractivity contribution is 5.86. The molecule has 2 N–H and O–H groups in total. The Labute approximate surface area is 182 Å².